The third-order valence-electron chi connectivity index (χ3n) is 5.61. The summed E-state index contributed by atoms with van der Waals surface area (Å²) in [4.78, 5) is 38.3. The SMILES string of the molecule is CN[C@@H](C)C(=O)Nc1cc(-c2ccccc2)c(C)n(CC(=O)NCCc2ccccc2)c1=O. The number of carbonyl (C=O) groups is 2. The first-order valence-electron chi connectivity index (χ1n) is 11.0. The van der Waals surface area contributed by atoms with Crippen molar-refractivity contribution >= 4 is 17.5 Å². The van der Waals surface area contributed by atoms with E-state index in [2.05, 4.69) is 16.0 Å². The molecule has 0 aliphatic carbocycles. The number of carbonyl (C=O) groups excluding carboxylic acids is 2. The standard InChI is InChI=1S/C26H30N4O3/c1-18(27-3)25(32)29-23-16-22(21-12-8-5-9-13-21)19(2)30(26(23)33)17-24(31)28-15-14-20-10-6-4-7-11-20/h4-13,16,18,27H,14-15,17H2,1-3H3,(H,28,31)(H,29,32)/t18-/m0/s1. The van der Waals surface area contributed by atoms with Crippen LogP contribution in [0.1, 0.15) is 18.2 Å². The van der Waals surface area contributed by atoms with E-state index in [-0.39, 0.29) is 24.0 Å². The van der Waals surface area contributed by atoms with E-state index in [9.17, 15) is 14.4 Å². The summed E-state index contributed by atoms with van der Waals surface area (Å²) >= 11 is 0. The molecule has 33 heavy (non-hydrogen) atoms. The lowest BCUT2D eigenvalue weighted by atomic mass is 10.0. The number of nitrogens with zero attached hydrogens (tertiary/aromatic N) is 1. The van der Waals surface area contributed by atoms with Crippen LogP contribution in [-0.4, -0.2) is 36.0 Å². The average molecular weight is 447 g/mol. The highest BCUT2D eigenvalue weighted by Gasteiger charge is 2.18. The Labute approximate surface area is 193 Å². The minimum Gasteiger partial charge on any atom is -0.354 e. The fraction of sp³-hybridized carbons (Fsp3) is 0.269. The minimum absolute atomic E-state index is 0.134. The molecule has 3 N–H and O–H groups in total. The van der Waals surface area contributed by atoms with Gasteiger partial charge in [-0.3, -0.25) is 14.4 Å². The second-order valence-electron chi connectivity index (χ2n) is 7.90. The maximum atomic E-state index is 13.2. The van der Waals surface area contributed by atoms with Crippen molar-refractivity contribution in [2.45, 2.75) is 32.9 Å². The molecule has 1 aromatic heterocycles. The molecular weight excluding hydrogens is 416 g/mol. The van der Waals surface area contributed by atoms with Crippen LogP contribution in [0.4, 0.5) is 5.69 Å². The first-order valence-corrected chi connectivity index (χ1v) is 11.0. The molecule has 0 saturated heterocycles. The Hall–Kier alpha value is -3.71. The van der Waals surface area contributed by atoms with E-state index in [0.717, 1.165) is 16.7 Å². The van der Waals surface area contributed by atoms with Crippen molar-refractivity contribution in [2.24, 2.45) is 0 Å². The first-order chi connectivity index (χ1) is 15.9. The van der Waals surface area contributed by atoms with Gasteiger partial charge in [0.2, 0.25) is 11.8 Å². The number of benzene rings is 2. The van der Waals surface area contributed by atoms with E-state index >= 15 is 0 Å². The van der Waals surface area contributed by atoms with E-state index in [4.69, 9.17) is 0 Å². The van der Waals surface area contributed by atoms with Crippen LogP contribution in [0.15, 0.2) is 71.5 Å². The largest absolute Gasteiger partial charge is 0.354 e. The molecule has 172 valence electrons. The molecule has 0 aliphatic rings. The lowest BCUT2D eigenvalue weighted by Gasteiger charge is -2.18. The molecule has 7 heteroatoms. The number of anilines is 1. The predicted molar refractivity (Wildman–Crippen MR) is 131 cm³/mol. The summed E-state index contributed by atoms with van der Waals surface area (Å²) in [5, 5.41) is 8.46. The molecule has 0 unspecified atom stereocenters. The van der Waals surface area contributed by atoms with Crippen LogP contribution < -0.4 is 21.5 Å². The molecule has 2 amide bonds. The zero-order valence-electron chi connectivity index (χ0n) is 19.2. The van der Waals surface area contributed by atoms with Crippen LogP contribution in [0.5, 0.6) is 0 Å². The van der Waals surface area contributed by atoms with Gasteiger partial charge in [0.1, 0.15) is 12.2 Å². The Morgan fingerprint density at radius 2 is 1.64 bits per heavy atom. The van der Waals surface area contributed by atoms with E-state index in [0.29, 0.717) is 18.7 Å². The molecule has 0 spiro atoms. The Bertz CT molecular complexity index is 1160. The Morgan fingerprint density at radius 1 is 1.00 bits per heavy atom. The second kappa shape index (κ2) is 11.2. The predicted octanol–water partition coefficient (Wildman–Crippen LogP) is 2.73. The smallest absolute Gasteiger partial charge is 0.275 e. The van der Waals surface area contributed by atoms with Crippen molar-refractivity contribution in [3.63, 3.8) is 0 Å². The van der Waals surface area contributed by atoms with E-state index in [1.807, 2.05) is 67.6 Å². The zero-order chi connectivity index (χ0) is 23.8. The van der Waals surface area contributed by atoms with Gasteiger partial charge in [-0.25, -0.2) is 0 Å². The van der Waals surface area contributed by atoms with Gasteiger partial charge >= 0.3 is 0 Å². The maximum Gasteiger partial charge on any atom is 0.275 e. The number of hydrogen-bond donors (Lipinski definition) is 3. The molecule has 0 fully saturated rings. The highest BCUT2D eigenvalue weighted by atomic mass is 16.2. The molecule has 1 heterocycles. The van der Waals surface area contributed by atoms with Gasteiger partial charge in [0.25, 0.3) is 5.56 Å². The summed E-state index contributed by atoms with van der Waals surface area (Å²) in [6.45, 7) is 3.85. The van der Waals surface area contributed by atoms with Crippen molar-refractivity contribution in [3.05, 3.63) is 88.3 Å². The van der Waals surface area contributed by atoms with Gasteiger partial charge < -0.3 is 20.5 Å². The molecule has 0 saturated carbocycles. The molecule has 0 aliphatic heterocycles. The molecule has 3 rings (SSSR count). The summed E-state index contributed by atoms with van der Waals surface area (Å²) in [6.07, 6.45) is 0.702. The van der Waals surface area contributed by atoms with E-state index < -0.39 is 11.6 Å². The number of rotatable bonds is 9. The molecule has 0 radical (unpaired) electrons. The minimum atomic E-state index is -0.472. The Kier molecular flexibility index (Phi) is 8.16. The van der Waals surface area contributed by atoms with Gasteiger partial charge in [-0.15, -0.1) is 0 Å². The molecule has 2 aromatic carbocycles. The van der Waals surface area contributed by atoms with Crippen LogP contribution >= 0.6 is 0 Å². The van der Waals surface area contributed by atoms with Crippen LogP contribution in [0, 0.1) is 6.92 Å². The second-order valence-corrected chi connectivity index (χ2v) is 7.90. The number of nitrogens with one attached hydrogen (secondary N) is 3. The lowest BCUT2D eigenvalue weighted by Crippen LogP contribution is -2.39. The maximum absolute atomic E-state index is 13.2. The topological polar surface area (TPSA) is 92.2 Å². The number of aromatic nitrogens is 1. The number of pyridine rings is 1. The summed E-state index contributed by atoms with van der Waals surface area (Å²) < 4.78 is 1.42. The molecule has 3 aromatic rings. The number of hydrogen-bond acceptors (Lipinski definition) is 4. The fourth-order valence-corrected chi connectivity index (χ4v) is 3.51. The number of amides is 2. The summed E-state index contributed by atoms with van der Waals surface area (Å²) in [5.74, 6) is -0.585. The van der Waals surface area contributed by atoms with Crippen LogP contribution in [0.2, 0.25) is 0 Å². The highest BCUT2D eigenvalue weighted by Crippen LogP contribution is 2.24. The Balaban J connectivity index is 1.87. The first kappa shape index (κ1) is 23.9. The molecule has 0 bridgehead atoms. The monoisotopic (exact) mass is 446 g/mol. The summed E-state index contributed by atoms with van der Waals surface area (Å²) in [6, 6.07) is 20.7. The van der Waals surface area contributed by atoms with Gasteiger partial charge in [0.15, 0.2) is 0 Å². The third kappa shape index (κ3) is 6.17. The average Bonchev–Trinajstić information content (AvgIpc) is 2.84. The van der Waals surface area contributed by atoms with Crippen molar-refractivity contribution in [1.29, 1.82) is 0 Å². The molecule has 7 nitrogen and oxygen atoms in total. The van der Waals surface area contributed by atoms with Crippen molar-refractivity contribution in [2.75, 3.05) is 18.9 Å². The summed E-state index contributed by atoms with van der Waals surface area (Å²) in [7, 11) is 1.67. The van der Waals surface area contributed by atoms with Crippen LogP contribution in [0.25, 0.3) is 11.1 Å². The molecular formula is C26H30N4O3. The zero-order valence-corrected chi connectivity index (χ0v) is 19.2. The van der Waals surface area contributed by atoms with Crippen LogP contribution in [0.3, 0.4) is 0 Å². The van der Waals surface area contributed by atoms with E-state index in [1.165, 1.54) is 4.57 Å². The third-order valence-corrected chi connectivity index (χ3v) is 5.61. The lowest BCUT2D eigenvalue weighted by molar-refractivity contribution is -0.121. The normalized spacial score (nSPS) is 11.6. The van der Waals surface area contributed by atoms with Gasteiger partial charge in [0.05, 0.1) is 6.04 Å². The van der Waals surface area contributed by atoms with E-state index in [1.54, 1.807) is 20.0 Å². The summed E-state index contributed by atoms with van der Waals surface area (Å²) in [5.41, 5.74) is 3.18. The van der Waals surface area contributed by atoms with Crippen molar-refractivity contribution in [3.8, 4) is 11.1 Å². The van der Waals surface area contributed by atoms with Gasteiger partial charge in [-0.05, 0) is 44.5 Å². The fourth-order valence-electron chi connectivity index (χ4n) is 3.51. The quantitative estimate of drug-likeness (QED) is 0.471. The van der Waals surface area contributed by atoms with Crippen molar-refractivity contribution < 1.29 is 9.59 Å². The van der Waals surface area contributed by atoms with Crippen LogP contribution in [-0.2, 0) is 22.6 Å². The van der Waals surface area contributed by atoms with Gasteiger partial charge in [-0.1, -0.05) is 60.7 Å². The van der Waals surface area contributed by atoms with Gasteiger partial charge in [0, 0.05) is 17.8 Å². The number of likely N-dealkylation sites (N-methyl/N-ethyl adjacent to an activating group) is 1. The van der Waals surface area contributed by atoms with Gasteiger partial charge in [-0.2, -0.15) is 0 Å². The highest BCUT2D eigenvalue weighted by molar-refractivity contribution is 5.95. The van der Waals surface area contributed by atoms with Crippen molar-refractivity contribution in [1.82, 2.24) is 15.2 Å². The Morgan fingerprint density at radius 3 is 2.27 bits per heavy atom. The molecule has 1 atom stereocenters.